The average Bonchev–Trinajstić information content (AvgIpc) is 3.45. The van der Waals surface area contributed by atoms with E-state index in [1.54, 1.807) is 31.2 Å². The molecule has 2 aromatic rings. The second-order valence-electron chi connectivity index (χ2n) is 6.92. The number of nitrogens with one attached hydrogen (secondary N) is 1. The number of alkyl halides is 3. The summed E-state index contributed by atoms with van der Waals surface area (Å²) in [4.78, 5) is 16.4. The Morgan fingerprint density at radius 3 is 2.52 bits per heavy atom. The van der Waals surface area contributed by atoms with Crippen LogP contribution in [0.3, 0.4) is 0 Å². The number of hydrogen-bond acceptors (Lipinski definition) is 4. The third kappa shape index (κ3) is 6.52. The predicted molar refractivity (Wildman–Crippen MR) is 101 cm³/mol. The minimum Gasteiger partial charge on any atom is -0.493 e. The Morgan fingerprint density at radius 2 is 1.90 bits per heavy atom. The Hall–Kier alpha value is -2.48. The van der Waals surface area contributed by atoms with Crippen LogP contribution < -0.4 is 14.8 Å². The summed E-state index contributed by atoms with van der Waals surface area (Å²) in [5.41, 5.74) is 0.535. The van der Waals surface area contributed by atoms with Gasteiger partial charge >= 0.3 is 6.18 Å². The molecule has 1 aromatic heterocycles. The molecular weight excluding hydrogens is 409 g/mol. The van der Waals surface area contributed by atoms with Gasteiger partial charge in [0.25, 0.3) is 0 Å². The van der Waals surface area contributed by atoms with Crippen molar-refractivity contribution in [3.8, 4) is 11.5 Å². The van der Waals surface area contributed by atoms with Crippen LogP contribution in [0.2, 0.25) is 5.02 Å². The van der Waals surface area contributed by atoms with Gasteiger partial charge in [-0.25, -0.2) is 0 Å². The van der Waals surface area contributed by atoms with E-state index in [0.717, 1.165) is 6.42 Å². The van der Waals surface area contributed by atoms with Crippen LogP contribution in [0.15, 0.2) is 42.6 Å². The van der Waals surface area contributed by atoms with Crippen molar-refractivity contribution in [3.63, 3.8) is 0 Å². The van der Waals surface area contributed by atoms with Gasteiger partial charge in [-0.2, -0.15) is 13.2 Å². The molecule has 0 radical (unpaired) electrons. The van der Waals surface area contributed by atoms with Crippen molar-refractivity contribution in [2.75, 3.05) is 13.2 Å². The molecule has 0 bridgehead atoms. The highest BCUT2D eigenvalue weighted by Gasteiger charge is 2.43. The minimum atomic E-state index is -4.40. The Kier molecular flexibility index (Phi) is 6.52. The highest BCUT2D eigenvalue weighted by atomic mass is 35.5. The first-order valence-corrected chi connectivity index (χ1v) is 9.43. The van der Waals surface area contributed by atoms with Gasteiger partial charge in [-0.15, -0.1) is 0 Å². The normalized spacial score (nSPS) is 19.3. The molecule has 1 N–H and O–H groups in total. The van der Waals surface area contributed by atoms with Crippen molar-refractivity contribution in [3.05, 3.63) is 53.3 Å². The van der Waals surface area contributed by atoms with E-state index in [4.69, 9.17) is 16.3 Å². The van der Waals surface area contributed by atoms with Crippen LogP contribution in [0.5, 0.6) is 11.5 Å². The molecule has 0 unspecified atom stereocenters. The maximum atomic E-state index is 12.4. The molecule has 1 aliphatic carbocycles. The van der Waals surface area contributed by atoms with E-state index < -0.39 is 12.8 Å². The summed E-state index contributed by atoms with van der Waals surface area (Å²) in [6.45, 7) is 0.830. The third-order valence-corrected chi connectivity index (χ3v) is 4.75. The molecular formula is C20H20ClF3N2O3. The Morgan fingerprint density at radius 1 is 1.21 bits per heavy atom. The van der Waals surface area contributed by atoms with Crippen molar-refractivity contribution in [1.82, 2.24) is 10.3 Å². The molecule has 1 heterocycles. The number of aromatic nitrogens is 1. The Labute approximate surface area is 171 Å². The smallest absolute Gasteiger partial charge is 0.422 e. The van der Waals surface area contributed by atoms with Gasteiger partial charge in [0, 0.05) is 16.9 Å². The van der Waals surface area contributed by atoms with E-state index in [1.807, 2.05) is 0 Å². The molecule has 29 heavy (non-hydrogen) atoms. The first kappa shape index (κ1) is 21.2. The van der Waals surface area contributed by atoms with E-state index in [0.29, 0.717) is 23.1 Å². The van der Waals surface area contributed by atoms with Crippen molar-refractivity contribution in [2.24, 2.45) is 11.8 Å². The largest absolute Gasteiger partial charge is 0.493 e. The molecule has 0 spiro atoms. The number of nitrogens with zero attached hydrogens (tertiary/aromatic N) is 1. The van der Waals surface area contributed by atoms with Gasteiger partial charge in [-0.05, 0) is 49.7 Å². The number of carbonyl (C=O) groups excluding carboxylic acids is 1. The number of halogens is 4. The van der Waals surface area contributed by atoms with E-state index in [-0.39, 0.29) is 29.5 Å². The van der Waals surface area contributed by atoms with Crippen LogP contribution in [0.1, 0.15) is 25.1 Å². The van der Waals surface area contributed by atoms with Gasteiger partial charge in [-0.3, -0.25) is 9.78 Å². The first-order valence-electron chi connectivity index (χ1n) is 9.05. The minimum absolute atomic E-state index is 0.0196. The number of ether oxygens (including phenoxy) is 2. The second kappa shape index (κ2) is 8.90. The molecule has 1 aromatic carbocycles. The third-order valence-electron chi connectivity index (χ3n) is 4.50. The number of rotatable bonds is 8. The zero-order chi connectivity index (χ0) is 21.0. The summed E-state index contributed by atoms with van der Waals surface area (Å²) in [5, 5.41) is 3.50. The summed E-state index contributed by atoms with van der Waals surface area (Å²) in [6.07, 6.45) is -2.45. The van der Waals surface area contributed by atoms with E-state index in [9.17, 15) is 18.0 Å². The molecule has 156 valence electrons. The molecule has 1 saturated carbocycles. The molecule has 3 rings (SSSR count). The first-order chi connectivity index (χ1) is 13.7. The lowest BCUT2D eigenvalue weighted by atomic mass is 10.2. The van der Waals surface area contributed by atoms with Crippen LogP contribution in [-0.2, 0) is 4.79 Å². The van der Waals surface area contributed by atoms with Gasteiger partial charge < -0.3 is 14.8 Å². The van der Waals surface area contributed by atoms with Crippen LogP contribution in [0.4, 0.5) is 13.2 Å². The van der Waals surface area contributed by atoms with Gasteiger partial charge in [0.2, 0.25) is 5.91 Å². The number of amides is 1. The lowest BCUT2D eigenvalue weighted by Crippen LogP contribution is -2.29. The zero-order valence-electron chi connectivity index (χ0n) is 15.6. The quantitative estimate of drug-likeness (QED) is 0.669. The molecule has 1 fully saturated rings. The highest BCUT2D eigenvalue weighted by Crippen LogP contribution is 2.39. The SMILES string of the molecule is C[C@@H](NC(=O)[C@@H]1C[C@H]1COc1ccc(Cl)cc1)c1ccc(OCC(F)(F)F)cn1. The molecule has 1 amide bonds. The maximum Gasteiger partial charge on any atom is 0.422 e. The standard InChI is InChI=1S/C20H20ClF3N2O3/c1-12(18-7-6-16(9-25-18)29-11-20(22,23)24)26-19(27)17-8-13(17)10-28-15-4-2-14(21)3-5-15/h2-7,9,12-13,17H,8,10-11H2,1H3,(H,26,27)/t12-,13+,17-/m1/s1. The van der Waals surface area contributed by atoms with E-state index in [2.05, 4.69) is 15.0 Å². The van der Waals surface area contributed by atoms with Gasteiger partial charge in [0.05, 0.1) is 24.5 Å². The molecule has 0 aliphatic heterocycles. The van der Waals surface area contributed by atoms with Gasteiger partial charge in [-0.1, -0.05) is 11.6 Å². The maximum absolute atomic E-state index is 12.4. The monoisotopic (exact) mass is 428 g/mol. The Balaban J connectivity index is 1.43. The average molecular weight is 429 g/mol. The van der Waals surface area contributed by atoms with Crippen LogP contribution >= 0.6 is 11.6 Å². The van der Waals surface area contributed by atoms with Crippen LogP contribution in [-0.4, -0.2) is 30.3 Å². The molecule has 3 atom stereocenters. The number of benzene rings is 1. The van der Waals surface area contributed by atoms with Crippen molar-refractivity contribution in [1.29, 1.82) is 0 Å². The summed E-state index contributed by atoms with van der Waals surface area (Å²) >= 11 is 5.83. The van der Waals surface area contributed by atoms with Crippen molar-refractivity contribution < 1.29 is 27.4 Å². The summed E-state index contributed by atoms with van der Waals surface area (Å²) < 4.78 is 46.8. The molecule has 5 nitrogen and oxygen atoms in total. The number of pyridine rings is 1. The number of carbonyl (C=O) groups is 1. The lowest BCUT2D eigenvalue weighted by Gasteiger charge is -2.14. The van der Waals surface area contributed by atoms with E-state index >= 15 is 0 Å². The fourth-order valence-corrected chi connectivity index (χ4v) is 2.91. The fraction of sp³-hybridized carbons (Fsp3) is 0.400. The zero-order valence-corrected chi connectivity index (χ0v) is 16.3. The Bertz CT molecular complexity index is 828. The summed E-state index contributed by atoms with van der Waals surface area (Å²) in [7, 11) is 0. The molecule has 9 heteroatoms. The second-order valence-corrected chi connectivity index (χ2v) is 7.36. The topological polar surface area (TPSA) is 60.5 Å². The van der Waals surface area contributed by atoms with Gasteiger partial charge in [0.15, 0.2) is 6.61 Å². The fourth-order valence-electron chi connectivity index (χ4n) is 2.78. The van der Waals surface area contributed by atoms with Crippen LogP contribution in [0.25, 0.3) is 0 Å². The van der Waals surface area contributed by atoms with Crippen molar-refractivity contribution >= 4 is 17.5 Å². The molecule has 0 saturated heterocycles. The highest BCUT2D eigenvalue weighted by molar-refractivity contribution is 6.30. The lowest BCUT2D eigenvalue weighted by molar-refractivity contribution is -0.153. The van der Waals surface area contributed by atoms with Crippen LogP contribution in [0, 0.1) is 11.8 Å². The van der Waals surface area contributed by atoms with E-state index in [1.165, 1.54) is 18.3 Å². The van der Waals surface area contributed by atoms with Gasteiger partial charge in [0.1, 0.15) is 11.5 Å². The summed E-state index contributed by atoms with van der Waals surface area (Å²) in [5.74, 6) is 0.640. The number of hydrogen-bond donors (Lipinski definition) is 1. The van der Waals surface area contributed by atoms with Crippen molar-refractivity contribution in [2.45, 2.75) is 25.6 Å². The molecule has 1 aliphatic rings. The predicted octanol–water partition coefficient (Wildman–Crippen LogP) is 4.57. The summed E-state index contributed by atoms with van der Waals surface area (Å²) in [6, 6.07) is 9.58.